The van der Waals surface area contributed by atoms with Gasteiger partial charge in [-0.1, -0.05) is 12.5 Å². The molecule has 0 aliphatic rings. The topological polar surface area (TPSA) is 58.6 Å². The molecule has 1 aromatic carbocycles. The van der Waals surface area contributed by atoms with Gasteiger partial charge in [-0.15, -0.1) is 0 Å². The van der Waals surface area contributed by atoms with Crippen LogP contribution in [0.15, 0.2) is 18.2 Å². The van der Waals surface area contributed by atoms with Gasteiger partial charge in [0.15, 0.2) is 0 Å². The third kappa shape index (κ3) is 5.08. The van der Waals surface area contributed by atoms with Gasteiger partial charge < -0.3 is 15.2 Å². The quantitative estimate of drug-likeness (QED) is 0.697. The zero-order valence-corrected chi connectivity index (χ0v) is 11.0. The molecule has 0 aliphatic heterocycles. The van der Waals surface area contributed by atoms with E-state index >= 15 is 0 Å². The normalized spacial score (nSPS) is 10.1. The molecule has 0 atom stereocenters. The molecule has 0 aliphatic carbocycles. The van der Waals surface area contributed by atoms with Crippen LogP contribution < -0.4 is 10.1 Å². The largest absolute Gasteiger partial charge is 0.495 e. The molecule has 100 valence electrons. The van der Waals surface area contributed by atoms with Gasteiger partial charge in [-0.2, -0.15) is 0 Å². The Kier molecular flexibility index (Phi) is 6.05. The van der Waals surface area contributed by atoms with Gasteiger partial charge in [0.25, 0.3) is 0 Å². The van der Waals surface area contributed by atoms with Crippen molar-refractivity contribution in [2.75, 3.05) is 19.0 Å². The van der Waals surface area contributed by atoms with Crippen LogP contribution in [-0.2, 0) is 4.79 Å². The van der Waals surface area contributed by atoms with Crippen molar-refractivity contribution in [3.05, 3.63) is 23.8 Å². The zero-order valence-electron chi connectivity index (χ0n) is 11.0. The molecule has 1 aromatic rings. The second-order valence-corrected chi connectivity index (χ2v) is 4.33. The summed E-state index contributed by atoms with van der Waals surface area (Å²) in [6.45, 7) is 2.87. The van der Waals surface area contributed by atoms with Crippen LogP contribution in [-0.4, -0.2) is 24.7 Å². The number of aliphatic carboxylic acids is 1. The minimum Gasteiger partial charge on any atom is -0.495 e. The van der Waals surface area contributed by atoms with Gasteiger partial charge in [0.1, 0.15) is 5.75 Å². The van der Waals surface area contributed by atoms with E-state index in [4.69, 9.17) is 9.84 Å². The molecule has 0 fully saturated rings. The van der Waals surface area contributed by atoms with E-state index in [1.54, 1.807) is 7.11 Å². The number of methoxy groups -OCH3 is 1. The number of benzene rings is 1. The van der Waals surface area contributed by atoms with Crippen LogP contribution in [0.3, 0.4) is 0 Å². The number of hydrogen-bond donors (Lipinski definition) is 2. The summed E-state index contributed by atoms with van der Waals surface area (Å²) in [4.78, 5) is 10.3. The maximum atomic E-state index is 10.3. The van der Waals surface area contributed by atoms with E-state index in [2.05, 4.69) is 11.4 Å². The summed E-state index contributed by atoms with van der Waals surface area (Å²) < 4.78 is 5.27. The Morgan fingerprint density at radius 1 is 1.33 bits per heavy atom. The van der Waals surface area contributed by atoms with Crippen LogP contribution >= 0.6 is 0 Å². The highest BCUT2D eigenvalue weighted by molar-refractivity contribution is 5.66. The number of rotatable bonds is 8. The number of nitrogens with one attached hydrogen (secondary N) is 1. The van der Waals surface area contributed by atoms with E-state index in [1.165, 1.54) is 5.56 Å². The summed E-state index contributed by atoms with van der Waals surface area (Å²) >= 11 is 0. The lowest BCUT2D eigenvalue weighted by molar-refractivity contribution is -0.137. The average Bonchev–Trinajstić information content (AvgIpc) is 2.33. The van der Waals surface area contributed by atoms with Crippen molar-refractivity contribution >= 4 is 11.7 Å². The van der Waals surface area contributed by atoms with Gasteiger partial charge in [-0.3, -0.25) is 4.79 Å². The van der Waals surface area contributed by atoms with Crippen LogP contribution in [0, 0.1) is 6.92 Å². The molecule has 0 saturated heterocycles. The highest BCUT2D eigenvalue weighted by Gasteiger charge is 2.02. The Morgan fingerprint density at radius 3 is 2.78 bits per heavy atom. The van der Waals surface area contributed by atoms with Crippen LogP contribution in [0.25, 0.3) is 0 Å². The maximum absolute atomic E-state index is 10.3. The second-order valence-electron chi connectivity index (χ2n) is 4.33. The first-order valence-electron chi connectivity index (χ1n) is 6.24. The minimum atomic E-state index is -0.719. The molecule has 4 heteroatoms. The lowest BCUT2D eigenvalue weighted by Gasteiger charge is -2.11. The first-order chi connectivity index (χ1) is 8.63. The monoisotopic (exact) mass is 251 g/mol. The first-order valence-corrected chi connectivity index (χ1v) is 6.24. The molecule has 0 heterocycles. The predicted octanol–water partition coefficient (Wildman–Crippen LogP) is 3.06. The van der Waals surface area contributed by atoms with E-state index in [9.17, 15) is 4.79 Å². The standard InChI is InChI=1S/C14H21NO3/c1-11-7-8-13(18-2)12(10-11)15-9-5-3-4-6-14(16)17/h7-8,10,15H,3-6,9H2,1-2H3,(H,16,17). The van der Waals surface area contributed by atoms with Gasteiger partial charge >= 0.3 is 5.97 Å². The highest BCUT2D eigenvalue weighted by atomic mass is 16.5. The summed E-state index contributed by atoms with van der Waals surface area (Å²) in [5.74, 6) is 0.120. The fraction of sp³-hybridized carbons (Fsp3) is 0.500. The van der Waals surface area contributed by atoms with E-state index in [-0.39, 0.29) is 6.42 Å². The molecule has 0 saturated carbocycles. The van der Waals surface area contributed by atoms with Gasteiger partial charge in [0.05, 0.1) is 12.8 Å². The molecule has 0 bridgehead atoms. The molecule has 0 aromatic heterocycles. The molecule has 18 heavy (non-hydrogen) atoms. The Morgan fingerprint density at radius 2 is 2.11 bits per heavy atom. The number of anilines is 1. The summed E-state index contributed by atoms with van der Waals surface area (Å²) in [5.41, 5.74) is 2.18. The SMILES string of the molecule is COc1ccc(C)cc1NCCCCCC(=O)O. The Balaban J connectivity index is 2.30. The van der Waals surface area contributed by atoms with Crippen molar-refractivity contribution < 1.29 is 14.6 Å². The van der Waals surface area contributed by atoms with Crippen molar-refractivity contribution in [2.24, 2.45) is 0 Å². The third-order valence-electron chi connectivity index (χ3n) is 2.74. The van der Waals surface area contributed by atoms with E-state index in [1.807, 2.05) is 19.1 Å². The number of ether oxygens (including phenoxy) is 1. The number of unbranched alkanes of at least 4 members (excludes halogenated alkanes) is 2. The van der Waals surface area contributed by atoms with E-state index in [0.717, 1.165) is 37.2 Å². The molecule has 0 radical (unpaired) electrons. The van der Waals surface area contributed by atoms with Crippen molar-refractivity contribution in [1.29, 1.82) is 0 Å². The lowest BCUT2D eigenvalue weighted by atomic mass is 10.1. The molecule has 4 nitrogen and oxygen atoms in total. The smallest absolute Gasteiger partial charge is 0.303 e. The van der Waals surface area contributed by atoms with Crippen LogP contribution in [0.2, 0.25) is 0 Å². The molecule has 0 unspecified atom stereocenters. The third-order valence-corrected chi connectivity index (χ3v) is 2.74. The predicted molar refractivity (Wildman–Crippen MR) is 72.3 cm³/mol. The van der Waals surface area contributed by atoms with Gasteiger partial charge in [-0.25, -0.2) is 0 Å². The number of carboxylic acids is 1. The lowest BCUT2D eigenvalue weighted by Crippen LogP contribution is -2.04. The summed E-state index contributed by atoms with van der Waals surface area (Å²) in [6.07, 6.45) is 2.88. The van der Waals surface area contributed by atoms with Gasteiger partial charge in [0, 0.05) is 13.0 Å². The molecular formula is C14H21NO3. The van der Waals surface area contributed by atoms with Crippen molar-refractivity contribution in [1.82, 2.24) is 0 Å². The summed E-state index contributed by atoms with van der Waals surface area (Å²) in [5, 5.41) is 11.8. The number of carbonyl (C=O) groups is 1. The van der Waals surface area contributed by atoms with Crippen LogP contribution in [0.4, 0.5) is 5.69 Å². The second kappa shape index (κ2) is 7.58. The van der Waals surface area contributed by atoms with Crippen molar-refractivity contribution in [3.63, 3.8) is 0 Å². The number of carboxylic acid groups (broad SMARTS) is 1. The minimum absolute atomic E-state index is 0.258. The Bertz CT molecular complexity index is 391. The molecule has 2 N–H and O–H groups in total. The molecule has 1 rings (SSSR count). The van der Waals surface area contributed by atoms with Gasteiger partial charge in [0.2, 0.25) is 0 Å². The average molecular weight is 251 g/mol. The number of hydrogen-bond acceptors (Lipinski definition) is 3. The zero-order chi connectivity index (χ0) is 13.4. The summed E-state index contributed by atoms with van der Waals surface area (Å²) in [7, 11) is 1.66. The molecule has 0 spiro atoms. The molecular weight excluding hydrogens is 230 g/mol. The van der Waals surface area contributed by atoms with Gasteiger partial charge in [-0.05, 0) is 37.5 Å². The van der Waals surface area contributed by atoms with Crippen molar-refractivity contribution in [3.8, 4) is 5.75 Å². The Hall–Kier alpha value is -1.71. The van der Waals surface area contributed by atoms with Crippen LogP contribution in [0.5, 0.6) is 5.75 Å². The fourth-order valence-electron chi connectivity index (χ4n) is 1.76. The fourth-order valence-corrected chi connectivity index (χ4v) is 1.76. The first kappa shape index (κ1) is 14.4. The van der Waals surface area contributed by atoms with E-state index < -0.39 is 5.97 Å². The Labute approximate surface area is 108 Å². The highest BCUT2D eigenvalue weighted by Crippen LogP contribution is 2.25. The van der Waals surface area contributed by atoms with Crippen molar-refractivity contribution in [2.45, 2.75) is 32.6 Å². The summed E-state index contributed by atoms with van der Waals surface area (Å²) in [6, 6.07) is 6.01. The maximum Gasteiger partial charge on any atom is 0.303 e. The molecule has 0 amide bonds. The van der Waals surface area contributed by atoms with Crippen LogP contribution in [0.1, 0.15) is 31.2 Å². The number of aryl methyl sites for hydroxylation is 1. The van der Waals surface area contributed by atoms with E-state index in [0.29, 0.717) is 0 Å².